The summed E-state index contributed by atoms with van der Waals surface area (Å²) < 4.78 is 19.1. The molecule has 0 atom stereocenters. The van der Waals surface area contributed by atoms with Gasteiger partial charge >= 0.3 is 0 Å². The summed E-state index contributed by atoms with van der Waals surface area (Å²) in [7, 11) is 0. The number of rotatable bonds is 8. The Morgan fingerprint density at radius 1 is 1.00 bits per heavy atom. The SMILES string of the molecule is O=C(CNc1ccc2c(c1)OCO2)N/N=C\c1cc(Br)c(OCc2ccc(Br)cc2)c(Br)c1. The first kappa shape index (κ1) is 23.6. The number of hydrazone groups is 1. The minimum Gasteiger partial charge on any atom is -0.487 e. The van der Waals surface area contributed by atoms with Crippen LogP contribution in [0.2, 0.25) is 0 Å². The van der Waals surface area contributed by atoms with Gasteiger partial charge in [-0.05, 0) is 79.4 Å². The lowest BCUT2D eigenvalue weighted by Gasteiger charge is -2.11. The minimum absolute atomic E-state index is 0.0627. The van der Waals surface area contributed by atoms with Gasteiger partial charge in [0.2, 0.25) is 6.79 Å². The third-order valence-electron chi connectivity index (χ3n) is 4.55. The Bertz CT molecular complexity index is 1160. The van der Waals surface area contributed by atoms with E-state index in [0.29, 0.717) is 23.9 Å². The van der Waals surface area contributed by atoms with Crippen LogP contribution in [0.5, 0.6) is 17.2 Å². The highest BCUT2D eigenvalue weighted by molar-refractivity contribution is 9.11. The number of anilines is 1. The van der Waals surface area contributed by atoms with Gasteiger partial charge in [0.15, 0.2) is 11.5 Å². The molecule has 0 saturated heterocycles. The van der Waals surface area contributed by atoms with Gasteiger partial charge in [0.1, 0.15) is 12.4 Å². The Morgan fingerprint density at radius 2 is 1.73 bits per heavy atom. The lowest BCUT2D eigenvalue weighted by atomic mass is 10.2. The van der Waals surface area contributed by atoms with Crippen LogP contribution in [0.1, 0.15) is 11.1 Å². The van der Waals surface area contributed by atoms with Crippen molar-refractivity contribution in [1.82, 2.24) is 5.43 Å². The summed E-state index contributed by atoms with van der Waals surface area (Å²) in [5.74, 6) is 1.75. The van der Waals surface area contributed by atoms with E-state index in [0.717, 1.165) is 30.2 Å². The molecule has 3 aromatic rings. The lowest BCUT2D eigenvalue weighted by Crippen LogP contribution is -2.25. The molecule has 0 radical (unpaired) electrons. The maximum absolute atomic E-state index is 12.1. The van der Waals surface area contributed by atoms with Gasteiger partial charge in [-0.3, -0.25) is 4.79 Å². The predicted molar refractivity (Wildman–Crippen MR) is 137 cm³/mol. The molecular formula is C23H18Br3N3O4. The van der Waals surface area contributed by atoms with E-state index in [9.17, 15) is 4.79 Å². The molecule has 2 N–H and O–H groups in total. The van der Waals surface area contributed by atoms with E-state index < -0.39 is 0 Å². The second-order valence-electron chi connectivity index (χ2n) is 6.94. The third kappa shape index (κ3) is 6.49. The van der Waals surface area contributed by atoms with Crippen LogP contribution in [0.4, 0.5) is 5.69 Å². The zero-order valence-corrected chi connectivity index (χ0v) is 21.9. The van der Waals surface area contributed by atoms with E-state index in [-0.39, 0.29) is 19.2 Å². The van der Waals surface area contributed by atoms with E-state index in [1.54, 1.807) is 18.3 Å². The molecule has 7 nitrogen and oxygen atoms in total. The predicted octanol–water partition coefficient (Wildman–Crippen LogP) is 5.84. The van der Waals surface area contributed by atoms with Crippen molar-refractivity contribution in [2.45, 2.75) is 6.61 Å². The monoisotopic (exact) mass is 637 g/mol. The molecule has 10 heteroatoms. The lowest BCUT2D eigenvalue weighted by molar-refractivity contribution is -0.119. The molecule has 0 saturated carbocycles. The molecule has 1 heterocycles. The first-order valence-corrected chi connectivity index (χ1v) is 12.2. The van der Waals surface area contributed by atoms with Gasteiger partial charge in [-0.15, -0.1) is 0 Å². The third-order valence-corrected chi connectivity index (χ3v) is 6.25. The number of nitrogens with one attached hydrogen (secondary N) is 2. The zero-order valence-electron chi connectivity index (χ0n) is 17.1. The maximum Gasteiger partial charge on any atom is 0.259 e. The molecule has 0 spiro atoms. The number of hydrogen-bond donors (Lipinski definition) is 2. The fraction of sp³-hybridized carbons (Fsp3) is 0.130. The van der Waals surface area contributed by atoms with Crippen LogP contribution in [0.3, 0.4) is 0 Å². The highest BCUT2D eigenvalue weighted by atomic mass is 79.9. The van der Waals surface area contributed by atoms with Crippen molar-refractivity contribution < 1.29 is 19.0 Å². The molecule has 0 unspecified atom stereocenters. The van der Waals surface area contributed by atoms with Gasteiger partial charge in [0, 0.05) is 16.2 Å². The Balaban J connectivity index is 1.28. The second kappa shape index (κ2) is 11.0. The Kier molecular flexibility index (Phi) is 7.89. The van der Waals surface area contributed by atoms with Crippen molar-refractivity contribution in [2.24, 2.45) is 5.10 Å². The highest BCUT2D eigenvalue weighted by Gasteiger charge is 2.13. The van der Waals surface area contributed by atoms with E-state index in [1.165, 1.54) is 0 Å². The number of carbonyl (C=O) groups excluding carboxylic acids is 1. The number of ether oxygens (including phenoxy) is 3. The molecule has 3 aromatic carbocycles. The molecule has 0 aliphatic carbocycles. The minimum atomic E-state index is -0.281. The summed E-state index contributed by atoms with van der Waals surface area (Å²) in [6, 6.07) is 17.1. The maximum atomic E-state index is 12.1. The van der Waals surface area contributed by atoms with Gasteiger partial charge in [0.25, 0.3) is 5.91 Å². The van der Waals surface area contributed by atoms with Crippen molar-refractivity contribution in [2.75, 3.05) is 18.7 Å². The van der Waals surface area contributed by atoms with Crippen LogP contribution in [-0.4, -0.2) is 25.5 Å². The molecular weight excluding hydrogens is 622 g/mol. The van der Waals surface area contributed by atoms with Crippen molar-refractivity contribution in [3.63, 3.8) is 0 Å². The molecule has 0 fully saturated rings. The zero-order chi connectivity index (χ0) is 23.2. The number of nitrogens with zero attached hydrogens (tertiary/aromatic N) is 1. The summed E-state index contributed by atoms with van der Waals surface area (Å²) in [6.45, 7) is 0.704. The van der Waals surface area contributed by atoms with Crippen molar-refractivity contribution >= 4 is 65.6 Å². The molecule has 0 aromatic heterocycles. The van der Waals surface area contributed by atoms with Crippen molar-refractivity contribution in [3.8, 4) is 17.2 Å². The number of benzene rings is 3. The standard InChI is InChI=1S/C23H18Br3N3O4/c24-16-3-1-14(2-4-16)12-31-23-18(25)7-15(8-19(23)26)10-28-29-22(30)11-27-17-5-6-20-21(9-17)33-13-32-20/h1-10,27H,11-13H2,(H,29,30)/b28-10-. The van der Waals surface area contributed by atoms with E-state index in [1.807, 2.05) is 42.5 Å². The normalized spacial score (nSPS) is 12.1. The quantitative estimate of drug-likeness (QED) is 0.239. The highest BCUT2D eigenvalue weighted by Crippen LogP contribution is 2.35. The van der Waals surface area contributed by atoms with Crippen LogP contribution in [0.15, 0.2) is 73.1 Å². The average Bonchev–Trinajstić information content (AvgIpc) is 3.26. The molecule has 1 aliphatic heterocycles. The number of carbonyl (C=O) groups is 1. The molecule has 33 heavy (non-hydrogen) atoms. The van der Waals surface area contributed by atoms with Gasteiger partial charge in [0.05, 0.1) is 21.7 Å². The summed E-state index contributed by atoms with van der Waals surface area (Å²) in [6.07, 6.45) is 1.56. The van der Waals surface area contributed by atoms with Crippen LogP contribution in [0.25, 0.3) is 0 Å². The second-order valence-corrected chi connectivity index (χ2v) is 9.57. The van der Waals surface area contributed by atoms with Gasteiger partial charge in [-0.25, -0.2) is 5.43 Å². The summed E-state index contributed by atoms with van der Waals surface area (Å²) in [5.41, 5.74) is 5.10. The topological polar surface area (TPSA) is 81.2 Å². The van der Waals surface area contributed by atoms with E-state index in [2.05, 4.69) is 63.6 Å². The Labute approximate surface area is 215 Å². The van der Waals surface area contributed by atoms with Gasteiger partial charge in [-0.1, -0.05) is 28.1 Å². The first-order chi connectivity index (χ1) is 16.0. The number of amides is 1. The Hall–Kier alpha value is -2.56. The molecule has 0 bridgehead atoms. The Morgan fingerprint density at radius 3 is 2.48 bits per heavy atom. The summed E-state index contributed by atoms with van der Waals surface area (Å²) in [5, 5.41) is 7.05. The molecule has 1 amide bonds. The fourth-order valence-corrected chi connectivity index (χ4v) is 4.65. The molecule has 1 aliphatic rings. The molecule has 170 valence electrons. The van der Waals surface area contributed by atoms with Crippen molar-refractivity contribution in [1.29, 1.82) is 0 Å². The van der Waals surface area contributed by atoms with Crippen LogP contribution in [0, 0.1) is 0 Å². The van der Waals surface area contributed by atoms with E-state index >= 15 is 0 Å². The summed E-state index contributed by atoms with van der Waals surface area (Å²) >= 11 is 10.5. The van der Waals surface area contributed by atoms with Crippen LogP contribution in [-0.2, 0) is 11.4 Å². The number of fused-ring (bicyclic) bond motifs is 1. The van der Waals surface area contributed by atoms with Gasteiger partial charge < -0.3 is 19.5 Å². The number of hydrogen-bond acceptors (Lipinski definition) is 6. The van der Waals surface area contributed by atoms with Gasteiger partial charge in [-0.2, -0.15) is 5.10 Å². The fourth-order valence-electron chi connectivity index (χ4n) is 2.94. The smallest absolute Gasteiger partial charge is 0.259 e. The molecule has 4 rings (SSSR count). The van der Waals surface area contributed by atoms with Crippen LogP contribution < -0.4 is 25.0 Å². The number of halogens is 3. The largest absolute Gasteiger partial charge is 0.487 e. The summed E-state index contributed by atoms with van der Waals surface area (Å²) in [4.78, 5) is 12.1. The van der Waals surface area contributed by atoms with E-state index in [4.69, 9.17) is 14.2 Å². The first-order valence-electron chi connectivity index (χ1n) is 9.79. The van der Waals surface area contributed by atoms with Crippen molar-refractivity contribution in [3.05, 3.63) is 79.1 Å². The average molecular weight is 640 g/mol. The van der Waals surface area contributed by atoms with Crippen LogP contribution >= 0.6 is 47.8 Å².